The van der Waals surface area contributed by atoms with Crippen LogP contribution in [0.4, 0.5) is 0 Å². The molecule has 0 aliphatic heterocycles. The number of aliphatic hydroxyl groups excluding tert-OH is 1. The summed E-state index contributed by atoms with van der Waals surface area (Å²) in [7, 11) is 0. The second-order valence-corrected chi connectivity index (χ2v) is 2.67. The van der Waals surface area contributed by atoms with E-state index in [9.17, 15) is 0 Å². The third-order valence-electron chi connectivity index (χ3n) is 1.62. The highest BCUT2D eigenvalue weighted by molar-refractivity contribution is 5.28. The first-order chi connectivity index (χ1) is 5.85. The van der Waals surface area contributed by atoms with Crippen LogP contribution in [0.3, 0.4) is 0 Å². The standard InChI is InChI=1S/C11H18O/c1-3-5-6-7-8-11(4-2)9-10-12/h9,12H,3-6,10H2,1-2H3/b11-9-. The number of allylic oxidation sites excluding steroid dienone is 1. The van der Waals surface area contributed by atoms with E-state index in [4.69, 9.17) is 5.11 Å². The summed E-state index contributed by atoms with van der Waals surface area (Å²) < 4.78 is 0. The molecular weight excluding hydrogens is 148 g/mol. The van der Waals surface area contributed by atoms with Gasteiger partial charge in [-0.1, -0.05) is 32.1 Å². The SMILES string of the molecule is CCCCC#C/C(=C\CO)CC. The summed E-state index contributed by atoms with van der Waals surface area (Å²) in [4.78, 5) is 0. The summed E-state index contributed by atoms with van der Waals surface area (Å²) in [5.74, 6) is 6.15. The lowest BCUT2D eigenvalue weighted by atomic mass is 10.2. The van der Waals surface area contributed by atoms with Gasteiger partial charge in [0.1, 0.15) is 0 Å². The maximum absolute atomic E-state index is 8.63. The highest BCUT2D eigenvalue weighted by atomic mass is 16.2. The van der Waals surface area contributed by atoms with Gasteiger partial charge in [-0.3, -0.25) is 0 Å². The summed E-state index contributed by atoms with van der Waals surface area (Å²) in [5.41, 5.74) is 1.05. The fourth-order valence-electron chi connectivity index (χ4n) is 0.835. The largest absolute Gasteiger partial charge is 0.392 e. The summed E-state index contributed by atoms with van der Waals surface area (Å²) in [6.45, 7) is 4.31. The van der Waals surface area contributed by atoms with E-state index in [1.807, 2.05) is 0 Å². The second-order valence-electron chi connectivity index (χ2n) is 2.67. The van der Waals surface area contributed by atoms with Gasteiger partial charge in [0.2, 0.25) is 0 Å². The first-order valence-corrected chi connectivity index (χ1v) is 4.63. The highest BCUT2D eigenvalue weighted by Gasteiger charge is 1.85. The topological polar surface area (TPSA) is 20.2 Å². The van der Waals surface area contributed by atoms with Crippen LogP contribution in [0.2, 0.25) is 0 Å². The van der Waals surface area contributed by atoms with Crippen molar-refractivity contribution >= 4 is 0 Å². The molecule has 0 aliphatic rings. The lowest BCUT2D eigenvalue weighted by Gasteiger charge is -1.90. The molecule has 0 aromatic carbocycles. The Morgan fingerprint density at radius 1 is 1.42 bits per heavy atom. The normalized spacial score (nSPS) is 10.8. The van der Waals surface area contributed by atoms with Gasteiger partial charge in [-0.2, -0.15) is 0 Å². The molecule has 1 heteroatoms. The average Bonchev–Trinajstić information content (AvgIpc) is 2.10. The van der Waals surface area contributed by atoms with Crippen molar-refractivity contribution in [3.05, 3.63) is 11.6 Å². The first-order valence-electron chi connectivity index (χ1n) is 4.63. The molecular formula is C11H18O. The predicted molar refractivity (Wildman–Crippen MR) is 52.8 cm³/mol. The minimum atomic E-state index is 0.103. The van der Waals surface area contributed by atoms with Crippen molar-refractivity contribution in [3.63, 3.8) is 0 Å². The van der Waals surface area contributed by atoms with Gasteiger partial charge in [-0.05, 0) is 18.9 Å². The molecule has 0 amide bonds. The van der Waals surface area contributed by atoms with Crippen molar-refractivity contribution < 1.29 is 5.11 Å². The van der Waals surface area contributed by atoms with Crippen molar-refractivity contribution in [2.45, 2.75) is 39.5 Å². The maximum atomic E-state index is 8.63. The van der Waals surface area contributed by atoms with Crippen LogP contribution in [0.5, 0.6) is 0 Å². The number of unbranched alkanes of at least 4 members (excludes halogenated alkanes) is 2. The van der Waals surface area contributed by atoms with Crippen molar-refractivity contribution in [2.75, 3.05) is 6.61 Å². The number of hydrogen-bond acceptors (Lipinski definition) is 1. The van der Waals surface area contributed by atoms with E-state index in [0.717, 1.165) is 18.4 Å². The van der Waals surface area contributed by atoms with E-state index in [2.05, 4.69) is 25.7 Å². The van der Waals surface area contributed by atoms with Gasteiger partial charge in [0.05, 0.1) is 6.61 Å². The van der Waals surface area contributed by atoms with Crippen LogP contribution in [0.1, 0.15) is 39.5 Å². The van der Waals surface area contributed by atoms with Gasteiger partial charge in [0.25, 0.3) is 0 Å². The summed E-state index contributed by atoms with van der Waals surface area (Å²) in [5, 5.41) is 8.63. The Morgan fingerprint density at radius 2 is 2.17 bits per heavy atom. The van der Waals surface area contributed by atoms with Gasteiger partial charge < -0.3 is 5.11 Å². The molecule has 0 rings (SSSR count). The third-order valence-corrected chi connectivity index (χ3v) is 1.62. The Bertz CT molecular complexity index is 181. The molecule has 0 spiro atoms. The Morgan fingerprint density at radius 3 is 2.67 bits per heavy atom. The lowest BCUT2D eigenvalue weighted by Crippen LogP contribution is -1.80. The van der Waals surface area contributed by atoms with Gasteiger partial charge in [0.15, 0.2) is 0 Å². The molecule has 1 nitrogen and oxygen atoms in total. The van der Waals surface area contributed by atoms with E-state index < -0.39 is 0 Å². The Balaban J connectivity index is 3.80. The van der Waals surface area contributed by atoms with Crippen molar-refractivity contribution in [2.24, 2.45) is 0 Å². The summed E-state index contributed by atoms with van der Waals surface area (Å²) >= 11 is 0. The molecule has 0 atom stereocenters. The molecule has 0 heterocycles. The van der Waals surface area contributed by atoms with Gasteiger partial charge in [0, 0.05) is 12.0 Å². The molecule has 0 aromatic rings. The molecule has 0 bridgehead atoms. The first kappa shape index (κ1) is 11.3. The molecule has 0 unspecified atom stereocenters. The molecule has 1 N–H and O–H groups in total. The smallest absolute Gasteiger partial charge is 0.0624 e. The zero-order valence-electron chi connectivity index (χ0n) is 8.06. The van der Waals surface area contributed by atoms with E-state index in [1.54, 1.807) is 6.08 Å². The molecule has 0 saturated heterocycles. The average molecular weight is 166 g/mol. The Labute approximate surface area is 75.5 Å². The zero-order chi connectivity index (χ0) is 9.23. The van der Waals surface area contributed by atoms with E-state index in [1.165, 1.54) is 12.8 Å². The van der Waals surface area contributed by atoms with Crippen LogP contribution >= 0.6 is 0 Å². The molecule has 68 valence electrons. The summed E-state index contributed by atoms with van der Waals surface area (Å²) in [6.07, 6.45) is 6.03. The minimum absolute atomic E-state index is 0.103. The maximum Gasteiger partial charge on any atom is 0.0624 e. The fraction of sp³-hybridized carbons (Fsp3) is 0.636. The van der Waals surface area contributed by atoms with Crippen molar-refractivity contribution in [1.29, 1.82) is 0 Å². The molecule has 0 saturated carbocycles. The van der Waals surface area contributed by atoms with E-state index in [0.29, 0.717) is 0 Å². The monoisotopic (exact) mass is 166 g/mol. The molecule has 0 aliphatic carbocycles. The molecule has 0 radical (unpaired) electrons. The quantitative estimate of drug-likeness (QED) is 0.502. The van der Waals surface area contributed by atoms with E-state index >= 15 is 0 Å². The van der Waals surface area contributed by atoms with Crippen LogP contribution in [-0.4, -0.2) is 11.7 Å². The van der Waals surface area contributed by atoms with Crippen LogP contribution < -0.4 is 0 Å². The summed E-state index contributed by atoms with van der Waals surface area (Å²) in [6, 6.07) is 0. The van der Waals surface area contributed by atoms with Gasteiger partial charge >= 0.3 is 0 Å². The zero-order valence-corrected chi connectivity index (χ0v) is 8.06. The number of rotatable bonds is 4. The predicted octanol–water partition coefficient (Wildman–Crippen LogP) is 2.51. The van der Waals surface area contributed by atoms with E-state index in [-0.39, 0.29) is 6.61 Å². The lowest BCUT2D eigenvalue weighted by molar-refractivity contribution is 0.342. The minimum Gasteiger partial charge on any atom is -0.392 e. The Hall–Kier alpha value is -0.740. The number of hydrogen-bond donors (Lipinski definition) is 1. The van der Waals surface area contributed by atoms with Gasteiger partial charge in [-0.15, -0.1) is 0 Å². The van der Waals surface area contributed by atoms with Gasteiger partial charge in [-0.25, -0.2) is 0 Å². The number of aliphatic hydroxyl groups is 1. The van der Waals surface area contributed by atoms with Crippen LogP contribution in [0.25, 0.3) is 0 Å². The van der Waals surface area contributed by atoms with Crippen LogP contribution in [-0.2, 0) is 0 Å². The van der Waals surface area contributed by atoms with Crippen LogP contribution in [0, 0.1) is 11.8 Å². The third kappa shape index (κ3) is 6.00. The highest BCUT2D eigenvalue weighted by Crippen LogP contribution is 1.98. The van der Waals surface area contributed by atoms with Crippen LogP contribution in [0.15, 0.2) is 11.6 Å². The fourth-order valence-corrected chi connectivity index (χ4v) is 0.835. The van der Waals surface area contributed by atoms with Crippen molar-refractivity contribution in [3.8, 4) is 11.8 Å². The molecule has 12 heavy (non-hydrogen) atoms. The molecule has 0 aromatic heterocycles. The molecule has 0 fully saturated rings. The second kappa shape index (κ2) is 8.36. The van der Waals surface area contributed by atoms with Crippen molar-refractivity contribution in [1.82, 2.24) is 0 Å². The Kier molecular flexibility index (Phi) is 7.84.